The second kappa shape index (κ2) is 13.8. The minimum atomic E-state index is -1.45. The first kappa shape index (κ1) is 27.4. The van der Waals surface area contributed by atoms with Gasteiger partial charge in [-0.2, -0.15) is 0 Å². The number of carbonyl (C=O) groups excluding carboxylic acids is 3. The molecular formula is C29H39N3O4. The van der Waals surface area contributed by atoms with Crippen molar-refractivity contribution in [1.82, 2.24) is 15.5 Å². The average Bonchev–Trinajstić information content (AvgIpc) is 2.91. The van der Waals surface area contributed by atoms with E-state index in [4.69, 9.17) is 0 Å². The van der Waals surface area contributed by atoms with Crippen molar-refractivity contribution >= 4 is 17.7 Å². The summed E-state index contributed by atoms with van der Waals surface area (Å²) in [5, 5.41) is 16.8. The van der Waals surface area contributed by atoms with Crippen LogP contribution in [0.1, 0.15) is 91.1 Å². The van der Waals surface area contributed by atoms with Crippen molar-refractivity contribution in [2.45, 2.75) is 77.0 Å². The van der Waals surface area contributed by atoms with Gasteiger partial charge in [-0.1, -0.05) is 69.5 Å². The highest BCUT2D eigenvalue weighted by Gasteiger charge is 2.31. The molecule has 1 aliphatic carbocycles. The summed E-state index contributed by atoms with van der Waals surface area (Å²) < 4.78 is 0. The van der Waals surface area contributed by atoms with Gasteiger partial charge in [-0.05, 0) is 49.4 Å². The van der Waals surface area contributed by atoms with Gasteiger partial charge in [0.1, 0.15) is 0 Å². The second-order valence-electron chi connectivity index (χ2n) is 9.52. The summed E-state index contributed by atoms with van der Waals surface area (Å²) in [6.45, 7) is 5.36. The Morgan fingerprint density at radius 3 is 2.19 bits per heavy atom. The molecule has 36 heavy (non-hydrogen) atoms. The van der Waals surface area contributed by atoms with Gasteiger partial charge < -0.3 is 20.6 Å². The molecule has 1 saturated carbocycles. The molecule has 2 aromatic rings. The Morgan fingerprint density at radius 1 is 0.917 bits per heavy atom. The summed E-state index contributed by atoms with van der Waals surface area (Å²) in [6.07, 6.45) is 5.33. The minimum absolute atomic E-state index is 0.0462. The number of benzene rings is 2. The Balaban J connectivity index is 1.78. The molecule has 194 valence electrons. The maximum absolute atomic E-state index is 13.3. The molecule has 3 N–H and O–H groups in total. The zero-order valence-electron chi connectivity index (χ0n) is 21.4. The number of nitrogens with one attached hydrogen (secondary N) is 2. The molecule has 0 aliphatic heterocycles. The van der Waals surface area contributed by atoms with E-state index in [-0.39, 0.29) is 11.9 Å². The van der Waals surface area contributed by atoms with Crippen molar-refractivity contribution < 1.29 is 19.5 Å². The molecule has 7 heteroatoms. The predicted molar refractivity (Wildman–Crippen MR) is 141 cm³/mol. The highest BCUT2D eigenvalue weighted by atomic mass is 16.3. The number of amides is 3. The highest BCUT2D eigenvalue weighted by molar-refractivity contribution is 6.00. The van der Waals surface area contributed by atoms with Crippen LogP contribution in [0.5, 0.6) is 0 Å². The van der Waals surface area contributed by atoms with Crippen molar-refractivity contribution in [2.75, 3.05) is 13.1 Å². The van der Waals surface area contributed by atoms with E-state index < -0.39 is 24.0 Å². The van der Waals surface area contributed by atoms with Crippen LogP contribution >= 0.6 is 0 Å². The fraction of sp³-hybridized carbons (Fsp3) is 0.483. The van der Waals surface area contributed by atoms with Gasteiger partial charge in [0.15, 0.2) is 6.10 Å². The van der Waals surface area contributed by atoms with Crippen LogP contribution in [0.15, 0.2) is 54.6 Å². The Bertz CT molecular complexity index is 999. The van der Waals surface area contributed by atoms with Crippen LogP contribution in [0.25, 0.3) is 0 Å². The Hall–Kier alpha value is -3.19. The van der Waals surface area contributed by atoms with E-state index in [1.54, 1.807) is 53.4 Å². The van der Waals surface area contributed by atoms with Crippen molar-refractivity contribution in [3.63, 3.8) is 0 Å². The normalized spacial score (nSPS) is 15.5. The summed E-state index contributed by atoms with van der Waals surface area (Å²) in [4.78, 5) is 41.0. The van der Waals surface area contributed by atoms with Crippen LogP contribution in [-0.4, -0.2) is 53.0 Å². The van der Waals surface area contributed by atoms with Gasteiger partial charge in [-0.3, -0.25) is 14.4 Å². The van der Waals surface area contributed by atoms with E-state index in [1.165, 1.54) is 0 Å². The minimum Gasteiger partial charge on any atom is -0.381 e. The van der Waals surface area contributed by atoms with Crippen LogP contribution in [0.3, 0.4) is 0 Å². The van der Waals surface area contributed by atoms with Gasteiger partial charge in [-0.25, -0.2) is 0 Å². The van der Waals surface area contributed by atoms with Crippen LogP contribution < -0.4 is 10.6 Å². The lowest BCUT2D eigenvalue weighted by Gasteiger charge is -2.28. The molecule has 0 heterocycles. The molecule has 0 bridgehead atoms. The molecular weight excluding hydrogens is 454 g/mol. The van der Waals surface area contributed by atoms with Gasteiger partial charge in [0.25, 0.3) is 17.7 Å². The number of rotatable bonds is 11. The Morgan fingerprint density at radius 2 is 1.56 bits per heavy atom. The molecule has 2 aromatic carbocycles. The van der Waals surface area contributed by atoms with E-state index in [2.05, 4.69) is 10.6 Å². The predicted octanol–water partition coefficient (Wildman–Crippen LogP) is 4.23. The fourth-order valence-corrected chi connectivity index (χ4v) is 4.75. The summed E-state index contributed by atoms with van der Waals surface area (Å²) in [6, 6.07) is 14.7. The number of nitrogens with zero attached hydrogens (tertiary/aromatic N) is 1. The number of aliphatic hydroxyl groups is 1. The molecule has 0 radical (unpaired) electrons. The number of hydrogen-bond donors (Lipinski definition) is 3. The fourth-order valence-electron chi connectivity index (χ4n) is 4.75. The summed E-state index contributed by atoms with van der Waals surface area (Å²) in [5.74, 6) is -1.06. The number of hydrogen-bond acceptors (Lipinski definition) is 4. The SMILES string of the molecule is CCCN(CCC)C(=O)c1cccc(C(=O)N[C@@H](c2ccccc2)C(O)C(=O)NC2CCCCC2)c1. The lowest BCUT2D eigenvalue weighted by Crippen LogP contribution is -2.48. The molecule has 2 atom stereocenters. The van der Waals surface area contributed by atoms with Crippen LogP contribution in [-0.2, 0) is 4.79 Å². The topological polar surface area (TPSA) is 98.7 Å². The van der Waals surface area contributed by atoms with Crippen molar-refractivity contribution in [3.05, 3.63) is 71.3 Å². The highest BCUT2D eigenvalue weighted by Crippen LogP contribution is 2.21. The lowest BCUT2D eigenvalue weighted by atomic mass is 9.94. The molecule has 0 aromatic heterocycles. The van der Waals surface area contributed by atoms with Gasteiger partial charge >= 0.3 is 0 Å². The molecule has 0 saturated heterocycles. The first-order valence-electron chi connectivity index (χ1n) is 13.2. The third-order valence-corrected chi connectivity index (χ3v) is 6.63. The Labute approximate surface area is 214 Å². The molecule has 1 aliphatic rings. The second-order valence-corrected chi connectivity index (χ2v) is 9.52. The smallest absolute Gasteiger partial charge is 0.253 e. The number of carbonyl (C=O) groups is 3. The monoisotopic (exact) mass is 493 g/mol. The van der Waals surface area contributed by atoms with Gasteiger partial charge in [0, 0.05) is 30.3 Å². The first-order valence-corrected chi connectivity index (χ1v) is 13.2. The maximum atomic E-state index is 13.3. The molecule has 1 fully saturated rings. The van der Waals surface area contributed by atoms with E-state index in [0.717, 1.165) is 44.9 Å². The van der Waals surface area contributed by atoms with Crippen LogP contribution in [0.4, 0.5) is 0 Å². The average molecular weight is 494 g/mol. The Kier molecular flexibility index (Phi) is 10.5. The quantitative estimate of drug-likeness (QED) is 0.436. The lowest BCUT2D eigenvalue weighted by molar-refractivity contribution is -0.131. The van der Waals surface area contributed by atoms with Crippen LogP contribution in [0.2, 0.25) is 0 Å². The van der Waals surface area contributed by atoms with Gasteiger partial charge in [-0.15, -0.1) is 0 Å². The third kappa shape index (κ3) is 7.40. The zero-order chi connectivity index (χ0) is 25.9. The molecule has 3 rings (SSSR count). The largest absolute Gasteiger partial charge is 0.381 e. The maximum Gasteiger partial charge on any atom is 0.253 e. The molecule has 3 amide bonds. The van der Waals surface area contributed by atoms with Crippen molar-refractivity contribution in [1.29, 1.82) is 0 Å². The van der Waals surface area contributed by atoms with Crippen molar-refractivity contribution in [2.24, 2.45) is 0 Å². The van der Waals surface area contributed by atoms with E-state index in [0.29, 0.717) is 29.8 Å². The van der Waals surface area contributed by atoms with E-state index >= 15 is 0 Å². The zero-order valence-corrected chi connectivity index (χ0v) is 21.4. The van der Waals surface area contributed by atoms with E-state index in [9.17, 15) is 19.5 Å². The van der Waals surface area contributed by atoms with Crippen LogP contribution in [0, 0.1) is 0 Å². The molecule has 7 nitrogen and oxygen atoms in total. The van der Waals surface area contributed by atoms with E-state index in [1.807, 2.05) is 19.9 Å². The summed E-state index contributed by atoms with van der Waals surface area (Å²) >= 11 is 0. The molecule has 0 spiro atoms. The first-order chi connectivity index (χ1) is 17.4. The molecule has 1 unspecified atom stereocenters. The number of aliphatic hydroxyl groups excluding tert-OH is 1. The summed E-state index contributed by atoms with van der Waals surface area (Å²) in [5.41, 5.74) is 1.37. The third-order valence-electron chi connectivity index (χ3n) is 6.63. The van der Waals surface area contributed by atoms with Gasteiger partial charge in [0.2, 0.25) is 0 Å². The summed E-state index contributed by atoms with van der Waals surface area (Å²) in [7, 11) is 0. The van der Waals surface area contributed by atoms with Gasteiger partial charge in [0.05, 0.1) is 6.04 Å². The standard InChI is InChI=1S/C29H39N3O4/c1-3-18-32(19-4-2)29(36)23-15-11-14-22(20-23)27(34)31-25(21-12-7-5-8-13-21)26(33)28(35)30-24-16-9-6-10-17-24/h5,7-8,11-15,20,24-26,33H,3-4,6,9-10,16-19H2,1-2H3,(H,30,35)(H,31,34)/t25-,26?/m0/s1. The van der Waals surface area contributed by atoms with Crippen molar-refractivity contribution in [3.8, 4) is 0 Å².